The van der Waals surface area contributed by atoms with Crippen molar-refractivity contribution in [3.8, 4) is 17.2 Å². The van der Waals surface area contributed by atoms with Crippen LogP contribution in [0, 0.1) is 6.92 Å². The number of carbonyl (C=O) groups excluding carboxylic acids is 1. The van der Waals surface area contributed by atoms with Crippen molar-refractivity contribution in [2.45, 2.75) is 19.8 Å². The molecule has 5 aromatic rings. The summed E-state index contributed by atoms with van der Waals surface area (Å²) in [6, 6.07) is 19.1. The van der Waals surface area contributed by atoms with E-state index < -0.39 is 0 Å². The second-order valence-corrected chi connectivity index (χ2v) is 7.77. The highest BCUT2D eigenvalue weighted by Crippen LogP contribution is 2.33. The largest absolute Gasteiger partial charge is 0.456 e. The Balaban J connectivity index is 1.40. The van der Waals surface area contributed by atoms with E-state index in [1.807, 2.05) is 73.8 Å². The zero-order valence-electron chi connectivity index (χ0n) is 18.2. The van der Waals surface area contributed by atoms with Gasteiger partial charge < -0.3 is 4.74 Å². The standard InChI is InChI=1S/C27H22N4O2/c1-19-22(25(32)9-6-20-10-14-28-15-11-20)4-2-5-26(19)33-27-12-16-29-24-18-21(7-8-23(24)27)31-17-3-13-30-31/h2-5,7-8,10-18H,6,9H2,1H3. The lowest BCUT2D eigenvalue weighted by molar-refractivity contribution is 0.0982. The molecule has 0 bridgehead atoms. The maximum absolute atomic E-state index is 12.9. The van der Waals surface area contributed by atoms with Gasteiger partial charge in [-0.1, -0.05) is 12.1 Å². The Kier molecular flexibility index (Phi) is 5.64. The first-order valence-corrected chi connectivity index (χ1v) is 10.8. The first-order valence-electron chi connectivity index (χ1n) is 10.8. The molecule has 2 aromatic carbocycles. The van der Waals surface area contributed by atoms with E-state index in [0.717, 1.165) is 27.7 Å². The van der Waals surface area contributed by atoms with E-state index in [4.69, 9.17) is 4.74 Å². The Bertz CT molecular complexity index is 1410. The topological polar surface area (TPSA) is 69.9 Å². The summed E-state index contributed by atoms with van der Waals surface area (Å²) in [5, 5.41) is 5.17. The van der Waals surface area contributed by atoms with E-state index in [-0.39, 0.29) is 5.78 Å². The molecule has 6 heteroatoms. The number of hydrogen-bond donors (Lipinski definition) is 0. The number of hydrogen-bond acceptors (Lipinski definition) is 5. The lowest BCUT2D eigenvalue weighted by Gasteiger charge is -2.14. The third-order valence-corrected chi connectivity index (χ3v) is 5.65. The highest BCUT2D eigenvalue weighted by atomic mass is 16.5. The minimum atomic E-state index is 0.0956. The summed E-state index contributed by atoms with van der Waals surface area (Å²) < 4.78 is 8.08. The molecule has 0 saturated carbocycles. The van der Waals surface area contributed by atoms with Crippen molar-refractivity contribution in [2.24, 2.45) is 0 Å². The van der Waals surface area contributed by atoms with E-state index in [9.17, 15) is 4.79 Å². The van der Waals surface area contributed by atoms with Crippen LogP contribution in [0.25, 0.3) is 16.6 Å². The van der Waals surface area contributed by atoms with Crippen LogP contribution >= 0.6 is 0 Å². The number of fused-ring (bicyclic) bond motifs is 1. The third-order valence-electron chi connectivity index (χ3n) is 5.65. The van der Waals surface area contributed by atoms with Crippen molar-refractivity contribution in [2.75, 3.05) is 0 Å². The van der Waals surface area contributed by atoms with Crippen molar-refractivity contribution >= 4 is 16.7 Å². The zero-order chi connectivity index (χ0) is 22.6. The van der Waals surface area contributed by atoms with Crippen LogP contribution in [0.3, 0.4) is 0 Å². The number of carbonyl (C=O) groups is 1. The molecule has 3 aromatic heterocycles. The summed E-state index contributed by atoms with van der Waals surface area (Å²) in [4.78, 5) is 21.4. The number of Topliss-reactive ketones (excluding diaryl/α,β-unsaturated/α-hetero) is 1. The summed E-state index contributed by atoms with van der Waals surface area (Å²) in [6.07, 6.45) is 9.96. The van der Waals surface area contributed by atoms with Gasteiger partial charge in [-0.15, -0.1) is 0 Å². The lowest BCUT2D eigenvalue weighted by Crippen LogP contribution is -2.05. The Labute approximate surface area is 191 Å². The second-order valence-electron chi connectivity index (χ2n) is 7.77. The Hall–Kier alpha value is -4.32. The van der Waals surface area contributed by atoms with Crippen LogP contribution in [0.2, 0.25) is 0 Å². The van der Waals surface area contributed by atoms with Crippen LogP contribution in [0.15, 0.2) is 91.6 Å². The normalized spacial score (nSPS) is 10.9. The average molecular weight is 434 g/mol. The smallest absolute Gasteiger partial charge is 0.163 e. The van der Waals surface area contributed by atoms with Gasteiger partial charge in [0.25, 0.3) is 0 Å². The monoisotopic (exact) mass is 434 g/mol. The first kappa shape index (κ1) is 20.6. The Morgan fingerprint density at radius 1 is 0.939 bits per heavy atom. The van der Waals surface area contributed by atoms with Crippen molar-refractivity contribution in [3.63, 3.8) is 0 Å². The van der Waals surface area contributed by atoms with Gasteiger partial charge in [-0.2, -0.15) is 5.10 Å². The number of pyridine rings is 2. The maximum atomic E-state index is 12.9. The predicted octanol–water partition coefficient (Wildman–Crippen LogP) is 5.73. The molecule has 0 aliphatic carbocycles. The molecule has 33 heavy (non-hydrogen) atoms. The predicted molar refractivity (Wildman–Crippen MR) is 127 cm³/mol. The zero-order valence-corrected chi connectivity index (χ0v) is 18.2. The summed E-state index contributed by atoms with van der Waals surface area (Å²) >= 11 is 0. The van der Waals surface area contributed by atoms with Crippen LogP contribution in [0.1, 0.15) is 27.9 Å². The second kappa shape index (κ2) is 9.04. The summed E-state index contributed by atoms with van der Waals surface area (Å²) in [5.41, 5.74) is 4.34. The molecule has 0 unspecified atom stereocenters. The van der Waals surface area contributed by atoms with Crippen LogP contribution in [0.5, 0.6) is 11.5 Å². The number of rotatable bonds is 7. The van der Waals surface area contributed by atoms with Gasteiger partial charge in [0.1, 0.15) is 11.5 Å². The van der Waals surface area contributed by atoms with Crippen LogP contribution in [-0.2, 0) is 6.42 Å². The fourth-order valence-electron chi connectivity index (χ4n) is 3.85. The number of nitrogens with zero attached hydrogens (tertiary/aromatic N) is 4. The molecule has 0 radical (unpaired) electrons. The van der Waals surface area contributed by atoms with Crippen LogP contribution < -0.4 is 4.74 Å². The molecule has 0 aliphatic heterocycles. The molecule has 0 saturated heterocycles. The summed E-state index contributed by atoms with van der Waals surface area (Å²) in [6.45, 7) is 1.92. The van der Waals surface area contributed by atoms with E-state index >= 15 is 0 Å². The molecule has 5 rings (SSSR count). The number of benzene rings is 2. The fraction of sp³-hybridized carbons (Fsp3) is 0.111. The number of ether oxygens (including phenoxy) is 1. The van der Waals surface area contributed by atoms with Gasteiger partial charge >= 0.3 is 0 Å². The Morgan fingerprint density at radius 3 is 2.64 bits per heavy atom. The van der Waals surface area contributed by atoms with Gasteiger partial charge in [-0.05, 0) is 67.4 Å². The molecule has 0 aliphatic rings. The quantitative estimate of drug-likeness (QED) is 0.306. The number of aromatic nitrogens is 4. The summed E-state index contributed by atoms with van der Waals surface area (Å²) in [7, 11) is 0. The molecule has 3 heterocycles. The molecule has 162 valence electrons. The maximum Gasteiger partial charge on any atom is 0.163 e. The van der Waals surface area contributed by atoms with Gasteiger partial charge in [-0.3, -0.25) is 14.8 Å². The van der Waals surface area contributed by atoms with E-state index in [1.54, 1.807) is 29.5 Å². The molecular formula is C27H22N4O2. The van der Waals surface area contributed by atoms with Crippen molar-refractivity contribution in [1.82, 2.24) is 19.7 Å². The van der Waals surface area contributed by atoms with Gasteiger partial charge in [0.2, 0.25) is 0 Å². The molecule has 6 nitrogen and oxygen atoms in total. The van der Waals surface area contributed by atoms with Crippen molar-refractivity contribution in [1.29, 1.82) is 0 Å². The Morgan fingerprint density at radius 2 is 1.82 bits per heavy atom. The highest BCUT2D eigenvalue weighted by molar-refractivity contribution is 5.98. The number of ketones is 1. The minimum absolute atomic E-state index is 0.0956. The van der Waals surface area contributed by atoms with E-state index in [0.29, 0.717) is 29.9 Å². The molecule has 0 amide bonds. The fourth-order valence-corrected chi connectivity index (χ4v) is 3.85. The van der Waals surface area contributed by atoms with Gasteiger partial charge in [0.15, 0.2) is 5.78 Å². The van der Waals surface area contributed by atoms with Crippen molar-refractivity contribution < 1.29 is 9.53 Å². The van der Waals surface area contributed by atoms with Gasteiger partial charge in [0.05, 0.1) is 11.2 Å². The molecular weight excluding hydrogens is 412 g/mol. The molecule has 0 atom stereocenters. The number of aryl methyl sites for hydroxylation is 1. The lowest BCUT2D eigenvalue weighted by atomic mass is 9.99. The van der Waals surface area contributed by atoms with E-state index in [1.165, 1.54) is 0 Å². The van der Waals surface area contributed by atoms with Crippen LogP contribution in [0.4, 0.5) is 0 Å². The SMILES string of the molecule is Cc1c(Oc2ccnc3cc(-n4cccn4)ccc23)cccc1C(=O)CCc1ccncc1. The molecule has 0 spiro atoms. The minimum Gasteiger partial charge on any atom is -0.456 e. The van der Waals surface area contributed by atoms with E-state index in [2.05, 4.69) is 15.1 Å². The third kappa shape index (κ3) is 4.36. The average Bonchev–Trinajstić information content (AvgIpc) is 3.39. The molecule has 0 N–H and O–H groups in total. The molecule has 0 fully saturated rings. The van der Waals surface area contributed by atoms with Crippen molar-refractivity contribution in [3.05, 3.63) is 108 Å². The first-order chi connectivity index (χ1) is 16.2. The highest BCUT2D eigenvalue weighted by Gasteiger charge is 2.14. The summed E-state index contributed by atoms with van der Waals surface area (Å²) in [5.74, 6) is 1.45. The van der Waals surface area contributed by atoms with Crippen LogP contribution in [-0.4, -0.2) is 25.5 Å². The van der Waals surface area contributed by atoms with Gasteiger partial charge in [0, 0.05) is 53.9 Å². The van der Waals surface area contributed by atoms with Gasteiger partial charge in [-0.25, -0.2) is 4.68 Å².